The molecule has 17 heavy (non-hydrogen) atoms. The van der Waals surface area contributed by atoms with E-state index >= 15 is 0 Å². The summed E-state index contributed by atoms with van der Waals surface area (Å²) in [5, 5.41) is 2.89. The molecule has 0 radical (unpaired) electrons. The van der Waals surface area contributed by atoms with Gasteiger partial charge in [0.2, 0.25) is 5.91 Å². The molecular formula is C14H18N2O. The lowest BCUT2D eigenvalue weighted by molar-refractivity contribution is -0.116. The topological polar surface area (TPSA) is 55.1 Å². The summed E-state index contributed by atoms with van der Waals surface area (Å²) in [6, 6.07) is 5.75. The van der Waals surface area contributed by atoms with E-state index in [1.54, 1.807) is 0 Å². The number of nitrogens with two attached hydrogens (primary N) is 1. The van der Waals surface area contributed by atoms with E-state index in [0.717, 1.165) is 23.2 Å². The standard InChI is InChI=1S/C14H18N2O/c1-3-5-14(17)16-13-10-12(6-4-9-15)8-7-11(13)2/h7-8,10H,3,5,9,15H2,1-2H3,(H,16,17). The van der Waals surface area contributed by atoms with E-state index in [1.807, 2.05) is 32.0 Å². The molecule has 0 bridgehead atoms. The van der Waals surface area contributed by atoms with Gasteiger partial charge < -0.3 is 11.1 Å². The Morgan fingerprint density at radius 3 is 2.88 bits per heavy atom. The molecule has 0 aliphatic heterocycles. The Kier molecular flexibility index (Phi) is 5.25. The summed E-state index contributed by atoms with van der Waals surface area (Å²) in [5.74, 6) is 5.79. The number of amides is 1. The van der Waals surface area contributed by atoms with Gasteiger partial charge in [-0.2, -0.15) is 0 Å². The first-order valence-electron chi connectivity index (χ1n) is 5.76. The first-order chi connectivity index (χ1) is 8.17. The molecule has 0 aromatic heterocycles. The largest absolute Gasteiger partial charge is 0.326 e. The van der Waals surface area contributed by atoms with Gasteiger partial charge >= 0.3 is 0 Å². The van der Waals surface area contributed by atoms with E-state index in [-0.39, 0.29) is 5.91 Å². The molecule has 0 aliphatic carbocycles. The maximum Gasteiger partial charge on any atom is 0.224 e. The Morgan fingerprint density at radius 2 is 2.24 bits per heavy atom. The summed E-state index contributed by atoms with van der Waals surface area (Å²) in [6.07, 6.45) is 1.38. The fourth-order valence-corrected chi connectivity index (χ4v) is 1.43. The van der Waals surface area contributed by atoms with Crippen LogP contribution in [0.1, 0.15) is 30.9 Å². The maximum atomic E-state index is 11.5. The first-order valence-corrected chi connectivity index (χ1v) is 5.76. The predicted octanol–water partition coefficient (Wildman–Crippen LogP) is 2.04. The Bertz CT molecular complexity index is 455. The minimum absolute atomic E-state index is 0.0412. The van der Waals surface area contributed by atoms with Crippen LogP contribution in [0, 0.1) is 18.8 Å². The number of aryl methyl sites for hydroxylation is 1. The molecule has 90 valence electrons. The Labute approximate surface area is 102 Å². The van der Waals surface area contributed by atoms with Crippen LogP contribution in [0.4, 0.5) is 5.69 Å². The van der Waals surface area contributed by atoms with E-state index in [0.29, 0.717) is 13.0 Å². The Hall–Kier alpha value is -1.79. The van der Waals surface area contributed by atoms with Crippen molar-refractivity contribution in [3.63, 3.8) is 0 Å². The molecule has 0 fully saturated rings. The van der Waals surface area contributed by atoms with Gasteiger partial charge in [-0.3, -0.25) is 4.79 Å². The van der Waals surface area contributed by atoms with Gasteiger partial charge in [-0.15, -0.1) is 0 Å². The highest BCUT2D eigenvalue weighted by atomic mass is 16.1. The van der Waals surface area contributed by atoms with Crippen LogP contribution in [0.15, 0.2) is 18.2 Å². The lowest BCUT2D eigenvalue weighted by atomic mass is 10.1. The normalized spacial score (nSPS) is 9.35. The van der Waals surface area contributed by atoms with Gasteiger partial charge in [0.05, 0.1) is 6.54 Å². The van der Waals surface area contributed by atoms with Crippen molar-refractivity contribution in [3.8, 4) is 11.8 Å². The summed E-state index contributed by atoms with van der Waals surface area (Å²) in [5.41, 5.74) is 8.05. The highest BCUT2D eigenvalue weighted by Gasteiger charge is 2.03. The molecule has 3 nitrogen and oxygen atoms in total. The van der Waals surface area contributed by atoms with Gasteiger partial charge in [0.25, 0.3) is 0 Å². The lowest BCUT2D eigenvalue weighted by Crippen LogP contribution is -2.11. The van der Waals surface area contributed by atoms with Crippen molar-refractivity contribution in [3.05, 3.63) is 29.3 Å². The van der Waals surface area contributed by atoms with E-state index in [1.165, 1.54) is 0 Å². The average Bonchev–Trinajstić information content (AvgIpc) is 2.30. The van der Waals surface area contributed by atoms with Gasteiger partial charge in [-0.1, -0.05) is 24.8 Å². The molecule has 1 aromatic carbocycles. The third-order valence-electron chi connectivity index (χ3n) is 2.32. The van der Waals surface area contributed by atoms with E-state index in [2.05, 4.69) is 17.2 Å². The number of carbonyl (C=O) groups excluding carboxylic acids is 1. The SMILES string of the molecule is CCCC(=O)Nc1cc(C#CCN)ccc1C. The zero-order valence-corrected chi connectivity index (χ0v) is 10.3. The van der Waals surface area contributed by atoms with Crippen molar-refractivity contribution in [1.82, 2.24) is 0 Å². The van der Waals surface area contributed by atoms with Crippen LogP contribution in [-0.4, -0.2) is 12.5 Å². The molecule has 1 rings (SSSR count). The zero-order valence-electron chi connectivity index (χ0n) is 10.3. The summed E-state index contributed by atoms with van der Waals surface area (Å²) >= 11 is 0. The van der Waals surface area contributed by atoms with Gasteiger partial charge in [0, 0.05) is 17.7 Å². The molecule has 1 amide bonds. The van der Waals surface area contributed by atoms with Crippen LogP contribution in [-0.2, 0) is 4.79 Å². The van der Waals surface area contributed by atoms with Crippen LogP contribution in [0.2, 0.25) is 0 Å². The molecule has 3 N–H and O–H groups in total. The van der Waals surface area contributed by atoms with Crippen molar-refractivity contribution in [2.45, 2.75) is 26.7 Å². The fraction of sp³-hybridized carbons (Fsp3) is 0.357. The van der Waals surface area contributed by atoms with Crippen LogP contribution in [0.3, 0.4) is 0 Å². The number of benzene rings is 1. The minimum atomic E-state index is 0.0412. The number of hydrogen-bond donors (Lipinski definition) is 2. The van der Waals surface area contributed by atoms with Gasteiger partial charge in [0.15, 0.2) is 0 Å². The number of carbonyl (C=O) groups is 1. The average molecular weight is 230 g/mol. The van der Waals surface area contributed by atoms with E-state index < -0.39 is 0 Å². The molecule has 0 spiro atoms. The second-order valence-corrected chi connectivity index (χ2v) is 3.83. The first kappa shape index (κ1) is 13.3. The van der Waals surface area contributed by atoms with Crippen molar-refractivity contribution in [1.29, 1.82) is 0 Å². The van der Waals surface area contributed by atoms with E-state index in [4.69, 9.17) is 5.73 Å². The van der Waals surface area contributed by atoms with Gasteiger partial charge in [-0.25, -0.2) is 0 Å². The predicted molar refractivity (Wildman–Crippen MR) is 70.6 cm³/mol. The minimum Gasteiger partial charge on any atom is -0.326 e. The van der Waals surface area contributed by atoms with Crippen LogP contribution >= 0.6 is 0 Å². The van der Waals surface area contributed by atoms with Crippen LogP contribution < -0.4 is 11.1 Å². The molecule has 0 unspecified atom stereocenters. The third kappa shape index (κ3) is 4.29. The van der Waals surface area contributed by atoms with E-state index in [9.17, 15) is 4.79 Å². The second kappa shape index (κ2) is 6.72. The van der Waals surface area contributed by atoms with Crippen molar-refractivity contribution in [2.24, 2.45) is 5.73 Å². The fourth-order valence-electron chi connectivity index (χ4n) is 1.43. The lowest BCUT2D eigenvalue weighted by Gasteiger charge is -2.08. The number of anilines is 1. The number of nitrogens with one attached hydrogen (secondary N) is 1. The molecule has 0 heterocycles. The molecule has 0 saturated carbocycles. The molecular weight excluding hydrogens is 212 g/mol. The molecule has 0 aliphatic rings. The van der Waals surface area contributed by atoms with Crippen molar-refractivity contribution >= 4 is 11.6 Å². The molecule has 3 heteroatoms. The maximum absolute atomic E-state index is 11.5. The van der Waals surface area contributed by atoms with Crippen molar-refractivity contribution < 1.29 is 4.79 Å². The van der Waals surface area contributed by atoms with Crippen LogP contribution in [0.5, 0.6) is 0 Å². The molecule has 0 saturated heterocycles. The number of hydrogen-bond acceptors (Lipinski definition) is 2. The molecule has 1 aromatic rings. The quantitative estimate of drug-likeness (QED) is 0.781. The summed E-state index contributed by atoms with van der Waals surface area (Å²) in [7, 11) is 0. The Morgan fingerprint density at radius 1 is 1.47 bits per heavy atom. The molecule has 0 atom stereocenters. The zero-order chi connectivity index (χ0) is 12.7. The second-order valence-electron chi connectivity index (χ2n) is 3.83. The summed E-state index contributed by atoms with van der Waals surface area (Å²) in [6.45, 7) is 4.28. The summed E-state index contributed by atoms with van der Waals surface area (Å²) < 4.78 is 0. The monoisotopic (exact) mass is 230 g/mol. The highest BCUT2D eigenvalue weighted by molar-refractivity contribution is 5.91. The van der Waals surface area contributed by atoms with Crippen LogP contribution in [0.25, 0.3) is 0 Å². The smallest absolute Gasteiger partial charge is 0.224 e. The highest BCUT2D eigenvalue weighted by Crippen LogP contribution is 2.16. The Balaban J connectivity index is 2.86. The summed E-state index contributed by atoms with van der Waals surface area (Å²) in [4.78, 5) is 11.5. The van der Waals surface area contributed by atoms with Gasteiger partial charge in [-0.05, 0) is 31.0 Å². The number of rotatable bonds is 3. The van der Waals surface area contributed by atoms with Gasteiger partial charge in [0.1, 0.15) is 0 Å². The van der Waals surface area contributed by atoms with Crippen molar-refractivity contribution in [2.75, 3.05) is 11.9 Å². The third-order valence-corrected chi connectivity index (χ3v) is 2.32.